The van der Waals surface area contributed by atoms with E-state index in [2.05, 4.69) is 41.3 Å². The van der Waals surface area contributed by atoms with Crippen LogP contribution in [-0.4, -0.2) is 59.3 Å². The number of carbonyl (C=O) groups excluding carboxylic acids is 3. The molecular weight excluding hydrogens is 574 g/mol. The number of benzene rings is 1. The first-order valence-electron chi connectivity index (χ1n) is 13.5. The molecule has 1 aromatic carbocycles. The number of ketones is 1. The molecule has 6 rings (SSSR count). The molecule has 1 saturated heterocycles. The smallest absolute Gasteiger partial charge is 0.248 e. The van der Waals surface area contributed by atoms with E-state index in [1.165, 1.54) is 11.6 Å². The number of anilines is 1. The zero-order valence-corrected chi connectivity index (χ0v) is 24.1. The number of Topliss-reactive ketones (excluding diaryl/α,β-unsaturated/α-hetero) is 1. The van der Waals surface area contributed by atoms with E-state index < -0.39 is 23.8 Å². The highest BCUT2D eigenvalue weighted by Crippen LogP contribution is 2.59. The molecule has 4 heterocycles. The van der Waals surface area contributed by atoms with Crippen LogP contribution in [0.2, 0.25) is 0 Å². The molecule has 0 bridgehead atoms. The topological polar surface area (TPSA) is 123 Å². The minimum absolute atomic E-state index is 0.173. The standard InChI is InChI=1S/C29H28BrN7O3/c1-15-5-8-24(30)33-27(15)34-28(40)22-10-29(4)11-23(29)37(22)25(39)14-36-21-7-6-18(19-12-31-17(3)32-13-19)9-20(21)26(35-36)16(2)38/h5-9,12-13,22-23H,10-11,14H2,1-4H3,(H,33,34,40)/t22-,23+,29-/m0/s1/i10D/t10-,22-,23+,29-. The van der Waals surface area contributed by atoms with Gasteiger partial charge in [-0.1, -0.05) is 19.1 Å². The van der Waals surface area contributed by atoms with Crippen LogP contribution in [0.3, 0.4) is 0 Å². The Hall–Kier alpha value is -3.99. The predicted octanol–water partition coefficient (Wildman–Crippen LogP) is 4.49. The fraction of sp³-hybridized carbons (Fsp3) is 0.345. The molecule has 2 amide bonds. The fourth-order valence-corrected chi connectivity index (χ4v) is 5.74. The van der Waals surface area contributed by atoms with Crippen LogP contribution in [0.25, 0.3) is 22.0 Å². The largest absolute Gasteiger partial charge is 0.325 e. The summed E-state index contributed by atoms with van der Waals surface area (Å²) in [6.45, 7) is 6.85. The van der Waals surface area contributed by atoms with Gasteiger partial charge in [0.25, 0.3) is 0 Å². The second-order valence-corrected chi connectivity index (χ2v) is 11.6. The number of nitrogens with zero attached hydrogens (tertiary/aromatic N) is 6. The van der Waals surface area contributed by atoms with Gasteiger partial charge in [0.2, 0.25) is 11.8 Å². The van der Waals surface area contributed by atoms with E-state index in [0.717, 1.165) is 16.7 Å². The number of halogens is 1. The van der Waals surface area contributed by atoms with Gasteiger partial charge in [0.1, 0.15) is 34.5 Å². The first-order valence-corrected chi connectivity index (χ1v) is 13.7. The average molecular weight is 603 g/mol. The van der Waals surface area contributed by atoms with Crippen molar-refractivity contribution in [2.45, 2.75) is 59.1 Å². The third-order valence-corrected chi connectivity index (χ3v) is 8.19. The minimum atomic E-state index is -0.978. The van der Waals surface area contributed by atoms with Crippen LogP contribution in [0.4, 0.5) is 5.82 Å². The molecule has 4 atom stereocenters. The molecule has 0 spiro atoms. The summed E-state index contributed by atoms with van der Waals surface area (Å²) in [5.41, 5.74) is 2.81. The zero-order chi connectivity index (χ0) is 29.2. The summed E-state index contributed by atoms with van der Waals surface area (Å²) in [6, 6.07) is 7.96. The molecule has 0 radical (unpaired) electrons. The molecule has 2 fully saturated rings. The number of piperidine rings is 1. The molecule has 4 aromatic rings. The third kappa shape index (κ3) is 4.57. The Balaban J connectivity index is 1.31. The van der Waals surface area contributed by atoms with E-state index >= 15 is 0 Å². The van der Waals surface area contributed by atoms with Gasteiger partial charge in [-0.2, -0.15) is 5.10 Å². The number of amides is 2. The number of fused-ring (bicyclic) bond motifs is 2. The Labute approximate surface area is 240 Å². The number of aromatic nitrogens is 5. The number of nitrogens with one attached hydrogen (secondary N) is 1. The molecule has 40 heavy (non-hydrogen) atoms. The van der Waals surface area contributed by atoms with Crippen molar-refractivity contribution in [2.75, 3.05) is 5.32 Å². The maximum Gasteiger partial charge on any atom is 0.248 e. The maximum atomic E-state index is 13.8. The number of pyridine rings is 1. The predicted molar refractivity (Wildman–Crippen MR) is 153 cm³/mol. The molecule has 1 N–H and O–H groups in total. The molecule has 10 nitrogen and oxygen atoms in total. The molecule has 11 heteroatoms. The lowest BCUT2D eigenvalue weighted by Gasteiger charge is -2.27. The molecule has 2 aliphatic rings. The Kier molecular flexibility index (Phi) is 5.99. The van der Waals surface area contributed by atoms with Crippen LogP contribution in [0, 0.1) is 19.3 Å². The number of carbonyl (C=O) groups is 3. The Morgan fingerprint density at radius 2 is 1.90 bits per heavy atom. The fourth-order valence-electron chi connectivity index (χ4n) is 5.43. The van der Waals surface area contributed by atoms with Crippen LogP contribution in [0.5, 0.6) is 0 Å². The summed E-state index contributed by atoms with van der Waals surface area (Å²) in [7, 11) is 0. The quantitative estimate of drug-likeness (QED) is 0.255. The normalized spacial score (nSPS) is 23.6. The lowest BCUT2D eigenvalue weighted by atomic mass is 10.0. The van der Waals surface area contributed by atoms with Gasteiger partial charge in [0.05, 0.1) is 5.52 Å². The summed E-state index contributed by atoms with van der Waals surface area (Å²) in [5, 5.41) is 7.96. The van der Waals surface area contributed by atoms with Gasteiger partial charge < -0.3 is 10.2 Å². The third-order valence-electron chi connectivity index (χ3n) is 7.75. The van der Waals surface area contributed by atoms with Crippen LogP contribution in [0.1, 0.15) is 49.9 Å². The number of rotatable bonds is 6. The highest BCUT2D eigenvalue weighted by Gasteiger charge is 2.64. The van der Waals surface area contributed by atoms with Gasteiger partial charge in [-0.3, -0.25) is 19.1 Å². The first kappa shape index (κ1) is 25.0. The van der Waals surface area contributed by atoms with Gasteiger partial charge in [-0.25, -0.2) is 15.0 Å². The van der Waals surface area contributed by atoms with Gasteiger partial charge in [0.15, 0.2) is 5.78 Å². The van der Waals surface area contributed by atoms with Crippen molar-refractivity contribution < 1.29 is 15.8 Å². The minimum Gasteiger partial charge on any atom is -0.325 e. The highest BCUT2D eigenvalue weighted by atomic mass is 79.9. The molecular formula is C29H28BrN7O3. The molecule has 1 saturated carbocycles. The van der Waals surface area contributed by atoms with Gasteiger partial charge in [-0.05, 0) is 77.3 Å². The average Bonchev–Trinajstić information content (AvgIpc) is 3.40. The summed E-state index contributed by atoms with van der Waals surface area (Å²) in [4.78, 5) is 54.3. The Morgan fingerprint density at radius 3 is 2.62 bits per heavy atom. The number of hydrogen-bond donors (Lipinski definition) is 1. The first-order chi connectivity index (χ1) is 19.5. The van der Waals surface area contributed by atoms with Crippen molar-refractivity contribution >= 4 is 50.2 Å². The molecule has 1 aliphatic heterocycles. The maximum absolute atomic E-state index is 13.8. The van der Waals surface area contributed by atoms with E-state index in [0.29, 0.717) is 33.6 Å². The van der Waals surface area contributed by atoms with Gasteiger partial charge in [-0.15, -0.1) is 0 Å². The van der Waals surface area contributed by atoms with E-state index in [9.17, 15) is 14.4 Å². The zero-order valence-electron chi connectivity index (χ0n) is 23.5. The van der Waals surface area contributed by atoms with E-state index in [4.69, 9.17) is 1.37 Å². The number of hydrogen-bond acceptors (Lipinski definition) is 7. The van der Waals surface area contributed by atoms with Crippen LogP contribution in [0.15, 0.2) is 47.3 Å². The Bertz CT molecular complexity index is 1740. The van der Waals surface area contributed by atoms with Crippen molar-refractivity contribution in [2.24, 2.45) is 5.41 Å². The monoisotopic (exact) mass is 602 g/mol. The summed E-state index contributed by atoms with van der Waals surface area (Å²) < 4.78 is 11.0. The van der Waals surface area contributed by atoms with Crippen LogP contribution < -0.4 is 5.32 Å². The second-order valence-electron chi connectivity index (χ2n) is 10.7. The number of aryl methyl sites for hydroxylation is 2. The highest BCUT2D eigenvalue weighted by molar-refractivity contribution is 9.10. The van der Waals surface area contributed by atoms with Crippen molar-refractivity contribution in [3.05, 3.63) is 64.4 Å². The van der Waals surface area contributed by atoms with Crippen molar-refractivity contribution in [3.8, 4) is 11.1 Å². The summed E-state index contributed by atoms with van der Waals surface area (Å²) >= 11 is 3.33. The lowest BCUT2D eigenvalue weighted by molar-refractivity contribution is -0.138. The van der Waals surface area contributed by atoms with Gasteiger partial charge >= 0.3 is 0 Å². The number of likely N-dealkylation sites (tertiary alicyclic amines) is 1. The van der Waals surface area contributed by atoms with E-state index in [1.807, 2.05) is 45.0 Å². The van der Waals surface area contributed by atoms with Gasteiger partial charge in [0, 0.05) is 37.7 Å². The molecule has 1 aliphatic carbocycles. The lowest BCUT2D eigenvalue weighted by Crippen LogP contribution is -2.47. The van der Waals surface area contributed by atoms with Crippen molar-refractivity contribution in [1.29, 1.82) is 0 Å². The van der Waals surface area contributed by atoms with Crippen LogP contribution >= 0.6 is 15.9 Å². The molecule has 0 unspecified atom stereocenters. The summed E-state index contributed by atoms with van der Waals surface area (Å²) in [5.74, 6) is 0.0379. The second kappa shape index (κ2) is 9.58. The van der Waals surface area contributed by atoms with E-state index in [1.54, 1.807) is 23.4 Å². The van der Waals surface area contributed by atoms with Crippen LogP contribution in [-0.2, 0) is 16.1 Å². The Morgan fingerprint density at radius 1 is 1.15 bits per heavy atom. The van der Waals surface area contributed by atoms with Crippen molar-refractivity contribution in [3.63, 3.8) is 0 Å². The molecule has 204 valence electrons. The SMILES string of the molecule is [2H][C@H]1[C@@H](C(=O)Nc2nc(Br)ccc2C)N(C(=O)Cn2nc(C(C)=O)c3cc(-c4cnc(C)nc4)ccc32)[C@@H]2C[C@]12C. The van der Waals surface area contributed by atoms with Crippen molar-refractivity contribution in [1.82, 2.24) is 29.6 Å². The van der Waals surface area contributed by atoms with E-state index in [-0.39, 0.29) is 30.0 Å². The molecule has 3 aromatic heterocycles. The summed E-state index contributed by atoms with van der Waals surface area (Å²) in [6.07, 6.45) is 3.31.